The molecule has 0 aromatic heterocycles. The predicted octanol–water partition coefficient (Wildman–Crippen LogP) is 4.51. The molecule has 2 aromatic carbocycles. The third kappa shape index (κ3) is 3.36. The molecule has 1 unspecified atom stereocenters. The lowest BCUT2D eigenvalue weighted by Gasteiger charge is -2.19. The molecular formula is C13H10Br2FIN2. The number of benzene rings is 2. The Morgan fingerprint density at radius 2 is 1.84 bits per heavy atom. The number of rotatable bonds is 3. The normalized spacial score (nSPS) is 12.5. The quantitative estimate of drug-likeness (QED) is 0.370. The van der Waals surface area contributed by atoms with Crippen LogP contribution in [0.3, 0.4) is 0 Å². The van der Waals surface area contributed by atoms with Gasteiger partial charge in [-0.25, -0.2) is 9.82 Å². The maximum Gasteiger partial charge on any atom is 0.142 e. The van der Waals surface area contributed by atoms with Gasteiger partial charge in [-0.3, -0.25) is 5.84 Å². The summed E-state index contributed by atoms with van der Waals surface area (Å²) in [6.45, 7) is 0. The van der Waals surface area contributed by atoms with Crippen molar-refractivity contribution in [3.05, 3.63) is 65.9 Å². The van der Waals surface area contributed by atoms with Crippen molar-refractivity contribution in [1.82, 2.24) is 5.43 Å². The van der Waals surface area contributed by atoms with E-state index in [1.807, 2.05) is 18.2 Å². The molecule has 0 amide bonds. The largest absolute Gasteiger partial charge is 0.271 e. The first kappa shape index (κ1) is 15.4. The van der Waals surface area contributed by atoms with Crippen LogP contribution in [0, 0.1) is 9.39 Å². The summed E-state index contributed by atoms with van der Waals surface area (Å²) in [4.78, 5) is 0. The average Bonchev–Trinajstić information content (AvgIpc) is 2.39. The third-order valence-corrected chi connectivity index (χ3v) is 4.73. The number of hydrazine groups is 1. The Balaban J connectivity index is 2.56. The fourth-order valence-electron chi connectivity index (χ4n) is 1.83. The van der Waals surface area contributed by atoms with E-state index in [-0.39, 0.29) is 5.82 Å². The first-order valence-corrected chi connectivity index (χ1v) is 8.06. The number of nitrogens with one attached hydrogen (secondary N) is 1. The highest BCUT2D eigenvalue weighted by molar-refractivity contribution is 14.1. The molecule has 19 heavy (non-hydrogen) atoms. The number of hydrogen-bond acceptors (Lipinski definition) is 2. The Morgan fingerprint density at radius 1 is 1.11 bits per heavy atom. The van der Waals surface area contributed by atoms with Crippen molar-refractivity contribution in [2.75, 3.05) is 0 Å². The van der Waals surface area contributed by atoms with Gasteiger partial charge in [-0.05, 0) is 68.3 Å². The Bertz CT molecular complexity index is 605. The molecule has 0 bridgehead atoms. The minimum Gasteiger partial charge on any atom is -0.271 e. The van der Waals surface area contributed by atoms with E-state index in [1.54, 1.807) is 18.2 Å². The molecule has 2 rings (SSSR count). The van der Waals surface area contributed by atoms with Gasteiger partial charge in [0.05, 0.1) is 10.5 Å². The molecule has 0 aliphatic carbocycles. The van der Waals surface area contributed by atoms with Gasteiger partial charge >= 0.3 is 0 Å². The Hall–Kier alpha value is -0.0200. The molecule has 6 heteroatoms. The zero-order valence-electron chi connectivity index (χ0n) is 9.63. The Kier molecular flexibility index (Phi) is 5.36. The van der Waals surface area contributed by atoms with Gasteiger partial charge in [-0.1, -0.05) is 28.1 Å². The van der Waals surface area contributed by atoms with E-state index in [0.717, 1.165) is 13.6 Å². The number of nitrogens with two attached hydrogens (primary N) is 1. The highest BCUT2D eigenvalue weighted by atomic mass is 127. The summed E-state index contributed by atoms with van der Waals surface area (Å²) in [5.74, 6) is 5.31. The Morgan fingerprint density at radius 3 is 2.53 bits per heavy atom. The highest BCUT2D eigenvalue weighted by Crippen LogP contribution is 2.32. The number of hydrogen-bond donors (Lipinski definition) is 2. The van der Waals surface area contributed by atoms with Crippen LogP contribution in [-0.2, 0) is 0 Å². The lowest BCUT2D eigenvalue weighted by molar-refractivity contribution is 0.555. The van der Waals surface area contributed by atoms with Crippen molar-refractivity contribution in [1.29, 1.82) is 0 Å². The molecular weight excluding hydrogens is 490 g/mol. The van der Waals surface area contributed by atoms with Crippen LogP contribution >= 0.6 is 54.5 Å². The zero-order chi connectivity index (χ0) is 14.0. The summed E-state index contributed by atoms with van der Waals surface area (Å²) >= 11 is 8.89. The van der Waals surface area contributed by atoms with Gasteiger partial charge < -0.3 is 0 Å². The van der Waals surface area contributed by atoms with Crippen molar-refractivity contribution in [2.24, 2.45) is 5.84 Å². The second kappa shape index (κ2) is 6.62. The van der Waals surface area contributed by atoms with Gasteiger partial charge in [0.15, 0.2) is 0 Å². The molecule has 0 fully saturated rings. The Labute approximate surface area is 141 Å². The van der Waals surface area contributed by atoms with Gasteiger partial charge in [-0.2, -0.15) is 0 Å². The molecule has 2 aromatic rings. The summed E-state index contributed by atoms with van der Waals surface area (Å²) in [6.07, 6.45) is 0. The fourth-order valence-corrected chi connectivity index (χ4v) is 3.20. The molecule has 1 atom stereocenters. The average molecular weight is 500 g/mol. The van der Waals surface area contributed by atoms with Crippen LogP contribution < -0.4 is 11.3 Å². The monoisotopic (exact) mass is 498 g/mol. The van der Waals surface area contributed by atoms with Crippen molar-refractivity contribution in [3.63, 3.8) is 0 Å². The van der Waals surface area contributed by atoms with Gasteiger partial charge in [0.2, 0.25) is 0 Å². The van der Waals surface area contributed by atoms with E-state index < -0.39 is 6.04 Å². The predicted molar refractivity (Wildman–Crippen MR) is 90.1 cm³/mol. The highest BCUT2D eigenvalue weighted by Gasteiger charge is 2.20. The lowest BCUT2D eigenvalue weighted by atomic mass is 9.99. The molecule has 2 nitrogen and oxygen atoms in total. The van der Waals surface area contributed by atoms with Crippen LogP contribution in [0.4, 0.5) is 4.39 Å². The SMILES string of the molecule is NNC(c1cc(I)ccc1Br)c1cccc(Br)c1F. The minimum absolute atomic E-state index is 0.309. The minimum atomic E-state index is -0.415. The maximum absolute atomic E-state index is 14.2. The topological polar surface area (TPSA) is 38.0 Å². The maximum atomic E-state index is 14.2. The smallest absolute Gasteiger partial charge is 0.142 e. The molecule has 0 aliphatic rings. The molecule has 0 saturated heterocycles. The first-order valence-electron chi connectivity index (χ1n) is 5.39. The molecule has 3 N–H and O–H groups in total. The standard InChI is InChI=1S/C13H10Br2FIN2/c14-10-5-4-7(17)6-9(10)13(19-18)8-2-1-3-11(15)12(8)16/h1-6,13,19H,18H2. The van der Waals surface area contributed by atoms with Crippen molar-refractivity contribution < 1.29 is 4.39 Å². The van der Waals surface area contributed by atoms with Crippen LogP contribution in [0.25, 0.3) is 0 Å². The molecule has 0 saturated carbocycles. The van der Waals surface area contributed by atoms with Gasteiger partial charge in [0.1, 0.15) is 5.82 Å². The number of halogens is 4. The third-order valence-electron chi connectivity index (χ3n) is 2.73. The fraction of sp³-hybridized carbons (Fsp3) is 0.0769. The van der Waals surface area contributed by atoms with Crippen molar-refractivity contribution in [3.8, 4) is 0 Å². The summed E-state index contributed by atoms with van der Waals surface area (Å²) in [6, 6.07) is 10.6. The van der Waals surface area contributed by atoms with Crippen LogP contribution in [0.5, 0.6) is 0 Å². The van der Waals surface area contributed by atoms with Crippen LogP contribution in [0.1, 0.15) is 17.2 Å². The second-order valence-electron chi connectivity index (χ2n) is 3.91. The molecule has 0 aliphatic heterocycles. The lowest BCUT2D eigenvalue weighted by Crippen LogP contribution is -2.30. The molecule has 100 valence electrons. The molecule has 0 radical (unpaired) electrons. The summed E-state index contributed by atoms with van der Waals surface area (Å²) in [5.41, 5.74) is 4.07. The van der Waals surface area contributed by atoms with E-state index in [4.69, 9.17) is 5.84 Å². The van der Waals surface area contributed by atoms with Crippen molar-refractivity contribution >= 4 is 54.5 Å². The van der Waals surface area contributed by atoms with Gasteiger partial charge in [0.25, 0.3) is 0 Å². The first-order chi connectivity index (χ1) is 9.04. The summed E-state index contributed by atoms with van der Waals surface area (Å²) < 4.78 is 16.6. The van der Waals surface area contributed by atoms with Crippen LogP contribution in [0.2, 0.25) is 0 Å². The van der Waals surface area contributed by atoms with Crippen LogP contribution in [-0.4, -0.2) is 0 Å². The van der Waals surface area contributed by atoms with Crippen LogP contribution in [0.15, 0.2) is 45.3 Å². The van der Waals surface area contributed by atoms with E-state index in [2.05, 4.69) is 59.9 Å². The van der Waals surface area contributed by atoms with E-state index in [9.17, 15) is 4.39 Å². The molecule has 0 spiro atoms. The second-order valence-corrected chi connectivity index (χ2v) is 6.86. The molecule has 0 heterocycles. The van der Waals surface area contributed by atoms with Gasteiger partial charge in [-0.15, -0.1) is 0 Å². The zero-order valence-corrected chi connectivity index (χ0v) is 15.0. The summed E-state index contributed by atoms with van der Waals surface area (Å²) in [5, 5.41) is 0. The summed E-state index contributed by atoms with van der Waals surface area (Å²) in [7, 11) is 0. The van der Waals surface area contributed by atoms with Crippen molar-refractivity contribution in [2.45, 2.75) is 6.04 Å². The van der Waals surface area contributed by atoms with E-state index >= 15 is 0 Å². The van der Waals surface area contributed by atoms with E-state index in [0.29, 0.717) is 10.0 Å². The van der Waals surface area contributed by atoms with E-state index in [1.165, 1.54) is 0 Å². The van der Waals surface area contributed by atoms with Gasteiger partial charge in [0, 0.05) is 13.6 Å².